The van der Waals surface area contributed by atoms with Gasteiger partial charge in [-0.3, -0.25) is 9.59 Å². The fraction of sp³-hybridized carbons (Fsp3) is 0.500. The summed E-state index contributed by atoms with van der Waals surface area (Å²) in [7, 11) is -3.95. The van der Waals surface area contributed by atoms with Crippen LogP contribution in [0.15, 0.2) is 33.6 Å². The number of benzene rings is 1. The van der Waals surface area contributed by atoms with Crippen LogP contribution in [0.5, 0.6) is 0 Å². The first-order chi connectivity index (χ1) is 12.1. The van der Waals surface area contributed by atoms with Crippen LogP contribution >= 0.6 is 0 Å². The van der Waals surface area contributed by atoms with Crippen LogP contribution in [-0.2, 0) is 19.6 Å². The zero-order chi connectivity index (χ0) is 19.2. The molecule has 1 unspecified atom stereocenters. The predicted molar refractivity (Wildman–Crippen MR) is 98.4 cm³/mol. The van der Waals surface area contributed by atoms with Crippen molar-refractivity contribution < 1.29 is 18.0 Å². The van der Waals surface area contributed by atoms with E-state index in [0.717, 1.165) is 0 Å². The number of hydrogen-bond acceptors (Lipinski definition) is 5. The lowest BCUT2D eigenvalue weighted by atomic mass is 9.94. The molecule has 2 atom stereocenters. The normalized spacial score (nSPS) is 24.7. The highest BCUT2D eigenvalue weighted by molar-refractivity contribution is 7.90. The summed E-state index contributed by atoms with van der Waals surface area (Å²) in [4.78, 5) is 27.6. The van der Waals surface area contributed by atoms with E-state index in [1.54, 1.807) is 23.1 Å². The van der Waals surface area contributed by atoms with E-state index in [4.69, 9.17) is 0 Å². The van der Waals surface area contributed by atoms with Crippen molar-refractivity contribution in [1.82, 2.24) is 4.90 Å². The minimum absolute atomic E-state index is 0.0427. The van der Waals surface area contributed by atoms with Gasteiger partial charge in [-0.05, 0) is 24.0 Å². The molecule has 1 aromatic rings. The van der Waals surface area contributed by atoms with Crippen LogP contribution in [0.2, 0.25) is 0 Å². The summed E-state index contributed by atoms with van der Waals surface area (Å²) in [6, 6.07) is 5.75. The molecule has 8 heteroatoms. The molecule has 0 spiro atoms. The second-order valence-electron chi connectivity index (χ2n) is 7.48. The molecular formula is C18H23N3O4S. The van der Waals surface area contributed by atoms with E-state index in [-0.39, 0.29) is 34.3 Å². The topological polar surface area (TPSA) is 95.9 Å². The van der Waals surface area contributed by atoms with Crippen molar-refractivity contribution in [2.24, 2.45) is 22.2 Å². The molecule has 1 amide bonds. The third-order valence-corrected chi connectivity index (χ3v) is 5.90. The van der Waals surface area contributed by atoms with Crippen molar-refractivity contribution in [3.63, 3.8) is 0 Å². The number of amides is 1. The highest BCUT2D eigenvalue weighted by Gasteiger charge is 2.51. The van der Waals surface area contributed by atoms with Crippen molar-refractivity contribution in [3.05, 3.63) is 24.3 Å². The van der Waals surface area contributed by atoms with Crippen molar-refractivity contribution in [3.8, 4) is 0 Å². The Bertz CT molecular complexity index is 889. The van der Waals surface area contributed by atoms with E-state index in [1.165, 1.54) is 6.07 Å². The van der Waals surface area contributed by atoms with Crippen molar-refractivity contribution >= 4 is 33.2 Å². The Morgan fingerprint density at radius 2 is 1.81 bits per heavy atom. The minimum atomic E-state index is -3.95. The molecule has 1 fully saturated rings. The highest BCUT2D eigenvalue weighted by atomic mass is 32.2. The molecule has 0 bridgehead atoms. The third kappa shape index (κ3) is 3.02. The van der Waals surface area contributed by atoms with Gasteiger partial charge >= 0.3 is 0 Å². The largest absolute Gasteiger partial charge is 0.341 e. The number of carbonyl (C=O) groups is 2. The number of hydrogen-bond donors (Lipinski definition) is 1. The van der Waals surface area contributed by atoms with E-state index in [0.29, 0.717) is 12.2 Å². The van der Waals surface area contributed by atoms with Crippen LogP contribution < -0.4 is 5.32 Å². The van der Waals surface area contributed by atoms with Crippen molar-refractivity contribution in [2.45, 2.75) is 38.6 Å². The molecule has 3 rings (SSSR count). The van der Waals surface area contributed by atoms with Gasteiger partial charge in [0, 0.05) is 6.54 Å². The maximum absolute atomic E-state index is 13.0. The molecule has 0 aromatic heterocycles. The Labute approximate surface area is 153 Å². The van der Waals surface area contributed by atoms with E-state index in [9.17, 15) is 18.0 Å². The first-order valence-electron chi connectivity index (χ1n) is 8.68. The number of fused-ring (bicyclic) bond motifs is 1. The number of likely N-dealkylation sites (tertiary alicyclic amines) is 1. The monoisotopic (exact) mass is 377 g/mol. The molecule has 1 aromatic carbocycles. The zero-order valence-electron chi connectivity index (χ0n) is 15.3. The van der Waals surface area contributed by atoms with Gasteiger partial charge in [-0.2, -0.15) is 8.42 Å². The van der Waals surface area contributed by atoms with Crippen LogP contribution in [0.1, 0.15) is 27.7 Å². The molecule has 2 heterocycles. The average Bonchev–Trinajstić information content (AvgIpc) is 2.76. The second kappa shape index (κ2) is 6.50. The van der Waals surface area contributed by atoms with Gasteiger partial charge in [-0.25, -0.2) is 0 Å². The molecule has 1 saturated heterocycles. The number of nitrogens with zero attached hydrogens (tertiary/aromatic N) is 2. The Morgan fingerprint density at radius 3 is 2.42 bits per heavy atom. The summed E-state index contributed by atoms with van der Waals surface area (Å²) < 4.78 is 28.7. The molecule has 1 N–H and O–H groups in total. The Balaban J connectivity index is 2.03. The molecule has 2 aliphatic heterocycles. The molecule has 2 aliphatic rings. The number of nitrogens with one attached hydrogen (secondary N) is 1. The molecule has 140 valence electrons. The fourth-order valence-electron chi connectivity index (χ4n) is 3.55. The number of ketones is 1. The van der Waals surface area contributed by atoms with Gasteiger partial charge in [0.25, 0.3) is 10.0 Å². The van der Waals surface area contributed by atoms with Gasteiger partial charge in [0.2, 0.25) is 5.91 Å². The Hall–Kier alpha value is -2.22. The molecule has 0 radical (unpaired) electrons. The van der Waals surface area contributed by atoms with Gasteiger partial charge < -0.3 is 10.2 Å². The van der Waals surface area contributed by atoms with Gasteiger partial charge in [-0.1, -0.05) is 39.8 Å². The van der Waals surface area contributed by atoms with E-state index in [1.807, 2.05) is 27.7 Å². The maximum Gasteiger partial charge on any atom is 0.286 e. The summed E-state index contributed by atoms with van der Waals surface area (Å²) in [6.07, 6.45) is 0. The van der Waals surface area contributed by atoms with Gasteiger partial charge in [0.1, 0.15) is 10.7 Å². The fourth-order valence-corrected chi connectivity index (χ4v) is 4.70. The van der Waals surface area contributed by atoms with E-state index >= 15 is 0 Å². The van der Waals surface area contributed by atoms with Crippen molar-refractivity contribution in [2.75, 3.05) is 11.9 Å². The maximum atomic E-state index is 13.0. The second-order valence-corrected chi connectivity index (χ2v) is 9.05. The Morgan fingerprint density at radius 1 is 1.15 bits per heavy atom. The lowest BCUT2D eigenvalue weighted by Gasteiger charge is -2.27. The third-order valence-electron chi connectivity index (χ3n) is 4.55. The summed E-state index contributed by atoms with van der Waals surface area (Å²) >= 11 is 0. The summed E-state index contributed by atoms with van der Waals surface area (Å²) in [6.45, 7) is 8.15. The lowest BCUT2D eigenvalue weighted by molar-refractivity contribution is -0.131. The van der Waals surface area contributed by atoms with Crippen LogP contribution in [0, 0.1) is 17.8 Å². The van der Waals surface area contributed by atoms with Crippen LogP contribution in [0.4, 0.5) is 5.69 Å². The predicted octanol–water partition coefficient (Wildman–Crippen LogP) is 1.91. The van der Waals surface area contributed by atoms with Crippen LogP contribution in [0.25, 0.3) is 0 Å². The minimum Gasteiger partial charge on any atom is -0.341 e. The van der Waals surface area contributed by atoms with E-state index < -0.39 is 22.0 Å². The molecule has 26 heavy (non-hydrogen) atoms. The number of rotatable bonds is 4. The van der Waals surface area contributed by atoms with Crippen molar-refractivity contribution in [1.29, 1.82) is 0 Å². The summed E-state index contributed by atoms with van der Waals surface area (Å²) in [5.41, 5.74) is 0.335. The van der Waals surface area contributed by atoms with E-state index in [2.05, 4.69) is 9.71 Å². The average molecular weight is 377 g/mol. The Kier molecular flexibility index (Phi) is 4.64. The number of para-hydroxylation sites is 1. The number of sulfonamides is 1. The number of amidine groups is 1. The van der Waals surface area contributed by atoms with Gasteiger partial charge in [0.05, 0.1) is 11.7 Å². The standard InChI is InChI=1S/C18H23N3O4S/c1-10(2)9-21-15(11(3)4)16(22)14(18(21)23)17-19-12-7-5-6-8-13(12)26(24,25)20-17/h5-8,10-11,14-15H,9H2,1-4H3,(H,19,20)/t14?,15-/m1/s1. The first-order valence-corrected chi connectivity index (χ1v) is 10.1. The van der Waals surface area contributed by atoms with Gasteiger partial charge in [-0.15, -0.1) is 4.40 Å². The van der Waals surface area contributed by atoms with Crippen LogP contribution in [0.3, 0.4) is 0 Å². The molecule has 0 saturated carbocycles. The van der Waals surface area contributed by atoms with Crippen LogP contribution in [-0.4, -0.2) is 43.4 Å². The number of carbonyl (C=O) groups excluding carboxylic acids is 2. The lowest BCUT2D eigenvalue weighted by Crippen LogP contribution is -2.41. The summed E-state index contributed by atoms with van der Waals surface area (Å²) in [5, 5.41) is 2.89. The quantitative estimate of drug-likeness (QED) is 0.809. The SMILES string of the molecule is CC(C)CN1C(=O)C(C2=NS(=O)(=O)c3ccccc3N2)C(=O)[C@H]1C(C)C. The molecule has 0 aliphatic carbocycles. The number of anilines is 1. The molecule has 7 nitrogen and oxygen atoms in total. The zero-order valence-corrected chi connectivity index (χ0v) is 16.1. The number of Topliss-reactive ketones (excluding diaryl/α,β-unsaturated/α-hetero) is 1. The highest BCUT2D eigenvalue weighted by Crippen LogP contribution is 2.33. The van der Waals surface area contributed by atoms with Gasteiger partial charge in [0.15, 0.2) is 11.7 Å². The molecular weight excluding hydrogens is 354 g/mol. The first kappa shape index (κ1) is 18.6. The smallest absolute Gasteiger partial charge is 0.286 e. The summed E-state index contributed by atoms with van der Waals surface area (Å²) in [5.74, 6) is -1.87.